The van der Waals surface area contributed by atoms with E-state index in [4.69, 9.17) is 0 Å². The maximum Gasteiger partial charge on any atom is 0.225 e. The van der Waals surface area contributed by atoms with Crippen LogP contribution in [-0.2, 0) is 4.79 Å². The summed E-state index contributed by atoms with van der Waals surface area (Å²) in [5.41, 5.74) is 5.92. The van der Waals surface area contributed by atoms with Crippen LogP contribution in [0.4, 0.5) is 0 Å². The van der Waals surface area contributed by atoms with E-state index in [1.165, 1.54) is 22.3 Å². The molecule has 6 rings (SSSR count). The molecule has 1 atom stereocenters. The highest BCUT2D eigenvalue weighted by molar-refractivity contribution is 5.85. The average molecular weight is 355 g/mol. The third-order valence-corrected chi connectivity index (χ3v) is 6.11. The fourth-order valence-corrected chi connectivity index (χ4v) is 4.81. The van der Waals surface area contributed by atoms with Gasteiger partial charge < -0.3 is 10.6 Å². The van der Waals surface area contributed by atoms with Gasteiger partial charge in [-0.25, -0.2) is 0 Å². The van der Waals surface area contributed by atoms with Crippen molar-refractivity contribution >= 4 is 18.3 Å². The van der Waals surface area contributed by atoms with E-state index in [-0.39, 0.29) is 24.2 Å². The highest BCUT2D eigenvalue weighted by Crippen LogP contribution is 2.55. The fraction of sp³-hybridized carbons (Fsp3) is 0.381. The van der Waals surface area contributed by atoms with Gasteiger partial charge in [0.05, 0.1) is 5.92 Å². The number of benzene rings is 2. The predicted molar refractivity (Wildman–Crippen MR) is 101 cm³/mol. The lowest BCUT2D eigenvalue weighted by Crippen LogP contribution is -2.52. The van der Waals surface area contributed by atoms with Crippen LogP contribution in [-0.4, -0.2) is 25.5 Å². The summed E-state index contributed by atoms with van der Waals surface area (Å²) in [5, 5.41) is 6.39. The molecule has 1 fully saturated rings. The van der Waals surface area contributed by atoms with Crippen LogP contribution in [0.3, 0.4) is 0 Å². The van der Waals surface area contributed by atoms with Crippen molar-refractivity contribution in [2.45, 2.75) is 18.3 Å². The molecule has 1 amide bonds. The van der Waals surface area contributed by atoms with Crippen molar-refractivity contribution in [2.24, 2.45) is 11.8 Å². The summed E-state index contributed by atoms with van der Waals surface area (Å²) in [6.07, 6.45) is 1.14. The molecule has 2 aromatic carbocycles. The largest absolute Gasteiger partial charge is 0.355 e. The number of halogens is 1. The van der Waals surface area contributed by atoms with Gasteiger partial charge in [-0.3, -0.25) is 4.79 Å². The standard InChI is InChI=1S/C21H22N2O.ClH/c24-21(14-10-22-11-14)23-12-13-9-19-15-5-1-3-7-17(15)20(13)18-8-4-2-6-16(18)19;/h1-8,13-14,19-20,22H,9-12H2,(H,23,24);1H. The molecule has 3 aliphatic carbocycles. The maximum atomic E-state index is 12.2. The molecule has 1 saturated heterocycles. The summed E-state index contributed by atoms with van der Waals surface area (Å²) in [6, 6.07) is 17.8. The summed E-state index contributed by atoms with van der Waals surface area (Å²) in [4.78, 5) is 12.2. The monoisotopic (exact) mass is 354 g/mol. The normalized spacial score (nSPS) is 26.0. The van der Waals surface area contributed by atoms with Gasteiger partial charge in [-0.2, -0.15) is 0 Å². The molecule has 2 bridgehead atoms. The molecular weight excluding hydrogens is 332 g/mol. The molecule has 3 nitrogen and oxygen atoms in total. The lowest BCUT2D eigenvalue weighted by molar-refractivity contribution is -0.126. The van der Waals surface area contributed by atoms with Crippen molar-refractivity contribution in [3.8, 4) is 0 Å². The summed E-state index contributed by atoms with van der Waals surface area (Å²) < 4.78 is 0. The van der Waals surface area contributed by atoms with Crippen molar-refractivity contribution in [1.29, 1.82) is 0 Å². The van der Waals surface area contributed by atoms with Gasteiger partial charge in [-0.1, -0.05) is 48.5 Å². The second-order valence-corrected chi connectivity index (χ2v) is 7.38. The quantitative estimate of drug-likeness (QED) is 0.889. The summed E-state index contributed by atoms with van der Waals surface area (Å²) >= 11 is 0. The molecule has 1 unspecified atom stereocenters. The molecule has 0 spiro atoms. The first-order valence-electron chi connectivity index (χ1n) is 8.99. The van der Waals surface area contributed by atoms with Crippen molar-refractivity contribution in [1.82, 2.24) is 10.6 Å². The van der Waals surface area contributed by atoms with E-state index < -0.39 is 0 Å². The van der Waals surface area contributed by atoms with Gasteiger partial charge in [0.1, 0.15) is 0 Å². The Morgan fingerprint density at radius 1 is 0.960 bits per heavy atom. The van der Waals surface area contributed by atoms with Crippen molar-refractivity contribution in [3.63, 3.8) is 0 Å². The maximum absolute atomic E-state index is 12.2. The lowest BCUT2D eigenvalue weighted by atomic mass is 9.59. The minimum absolute atomic E-state index is 0. The van der Waals surface area contributed by atoms with Gasteiger partial charge >= 0.3 is 0 Å². The molecule has 130 valence electrons. The Balaban J connectivity index is 0.00000157. The zero-order chi connectivity index (χ0) is 16.1. The van der Waals surface area contributed by atoms with Crippen molar-refractivity contribution < 1.29 is 4.79 Å². The number of fused-ring (bicyclic) bond motifs is 1. The van der Waals surface area contributed by atoms with Gasteiger partial charge in [0, 0.05) is 31.5 Å². The van der Waals surface area contributed by atoms with E-state index in [9.17, 15) is 4.79 Å². The topological polar surface area (TPSA) is 41.1 Å². The Bertz CT molecular complexity index is 754. The summed E-state index contributed by atoms with van der Waals surface area (Å²) in [7, 11) is 0. The smallest absolute Gasteiger partial charge is 0.225 e. The highest BCUT2D eigenvalue weighted by Gasteiger charge is 2.43. The van der Waals surface area contributed by atoms with Crippen molar-refractivity contribution in [3.05, 3.63) is 70.8 Å². The second-order valence-electron chi connectivity index (χ2n) is 7.38. The van der Waals surface area contributed by atoms with Crippen LogP contribution in [0.15, 0.2) is 48.5 Å². The van der Waals surface area contributed by atoms with E-state index >= 15 is 0 Å². The van der Waals surface area contributed by atoms with Crippen LogP contribution in [0.1, 0.15) is 40.5 Å². The van der Waals surface area contributed by atoms with Crippen LogP contribution in [0.5, 0.6) is 0 Å². The lowest BCUT2D eigenvalue weighted by Gasteiger charge is -2.45. The summed E-state index contributed by atoms with van der Waals surface area (Å²) in [5.74, 6) is 1.79. The molecule has 2 aromatic rings. The third kappa shape index (κ3) is 2.57. The third-order valence-electron chi connectivity index (χ3n) is 6.11. The van der Waals surface area contributed by atoms with Gasteiger partial charge in [0.15, 0.2) is 0 Å². The SMILES string of the molecule is Cl.O=C(NCC1CC2c3ccccc3C1c1ccccc12)C1CNC1. The Morgan fingerprint density at radius 2 is 1.52 bits per heavy atom. The molecule has 4 aliphatic rings. The van der Waals surface area contributed by atoms with E-state index in [0.29, 0.717) is 17.8 Å². The zero-order valence-corrected chi connectivity index (χ0v) is 14.9. The first-order chi connectivity index (χ1) is 11.8. The Labute approximate surface area is 154 Å². The molecule has 0 radical (unpaired) electrons. The van der Waals surface area contributed by atoms with Gasteiger partial charge in [-0.05, 0) is 34.6 Å². The molecule has 2 N–H and O–H groups in total. The van der Waals surface area contributed by atoms with Crippen LogP contribution >= 0.6 is 12.4 Å². The fourth-order valence-electron chi connectivity index (χ4n) is 4.81. The van der Waals surface area contributed by atoms with Crippen LogP contribution in [0.25, 0.3) is 0 Å². The number of nitrogens with one attached hydrogen (secondary N) is 2. The number of hydrogen-bond donors (Lipinski definition) is 2. The first kappa shape index (κ1) is 16.6. The molecule has 4 heteroatoms. The average Bonchev–Trinajstić information content (AvgIpc) is 2.59. The van der Waals surface area contributed by atoms with E-state index in [2.05, 4.69) is 59.2 Å². The molecule has 0 aromatic heterocycles. The minimum Gasteiger partial charge on any atom is -0.355 e. The van der Waals surface area contributed by atoms with E-state index in [0.717, 1.165) is 26.1 Å². The molecule has 25 heavy (non-hydrogen) atoms. The number of carbonyl (C=O) groups excluding carboxylic acids is 1. The number of rotatable bonds is 3. The van der Waals surface area contributed by atoms with Gasteiger partial charge in [-0.15, -0.1) is 12.4 Å². The molecule has 0 saturated carbocycles. The Hall–Kier alpha value is -1.84. The Morgan fingerprint density at radius 3 is 2.04 bits per heavy atom. The second kappa shape index (κ2) is 6.47. The predicted octanol–water partition coefficient (Wildman–Crippen LogP) is 3.04. The Kier molecular flexibility index (Phi) is 4.30. The molecule has 1 aliphatic heterocycles. The first-order valence-corrected chi connectivity index (χ1v) is 8.99. The van der Waals surface area contributed by atoms with E-state index in [1.54, 1.807) is 0 Å². The highest BCUT2D eigenvalue weighted by atomic mass is 35.5. The van der Waals surface area contributed by atoms with Crippen LogP contribution in [0, 0.1) is 11.8 Å². The number of carbonyl (C=O) groups is 1. The number of hydrogen-bond acceptors (Lipinski definition) is 2. The van der Waals surface area contributed by atoms with Crippen molar-refractivity contribution in [2.75, 3.05) is 19.6 Å². The molecule has 1 heterocycles. The van der Waals surface area contributed by atoms with Gasteiger partial charge in [0.2, 0.25) is 5.91 Å². The molecular formula is C21H23ClN2O. The number of amides is 1. The van der Waals surface area contributed by atoms with Crippen LogP contribution in [0.2, 0.25) is 0 Å². The van der Waals surface area contributed by atoms with Gasteiger partial charge in [0.25, 0.3) is 0 Å². The minimum atomic E-state index is 0. The zero-order valence-electron chi connectivity index (χ0n) is 14.1. The summed E-state index contributed by atoms with van der Waals surface area (Å²) in [6.45, 7) is 2.45. The van der Waals surface area contributed by atoms with E-state index in [1.807, 2.05) is 0 Å². The van der Waals surface area contributed by atoms with Crippen LogP contribution < -0.4 is 10.6 Å².